The van der Waals surface area contributed by atoms with Crippen LogP contribution in [-0.4, -0.2) is 24.7 Å². The van der Waals surface area contributed by atoms with E-state index >= 15 is 0 Å². The van der Waals surface area contributed by atoms with Crippen LogP contribution in [0.5, 0.6) is 5.75 Å². The van der Waals surface area contributed by atoms with E-state index in [1.165, 1.54) is 23.0 Å². The molecule has 1 saturated heterocycles. The highest BCUT2D eigenvalue weighted by Gasteiger charge is 2.14. The normalized spacial score (nSPS) is 19.9. The zero-order valence-corrected chi connectivity index (χ0v) is 10.1. The van der Waals surface area contributed by atoms with Gasteiger partial charge in [-0.05, 0) is 44.2 Å². The van der Waals surface area contributed by atoms with E-state index in [-0.39, 0.29) is 0 Å². The maximum Gasteiger partial charge on any atom is 0.120 e. The Labute approximate surface area is 101 Å². The molecule has 0 saturated carbocycles. The number of rotatable bonds is 3. The van der Waals surface area contributed by atoms with E-state index in [1.807, 2.05) is 6.07 Å². The minimum absolute atomic E-state index is 0.665. The summed E-state index contributed by atoms with van der Waals surface area (Å²) in [7, 11) is 0. The highest BCUT2D eigenvalue weighted by atomic mass is 16.5. The predicted octanol–water partition coefficient (Wildman–Crippen LogP) is 2.46. The van der Waals surface area contributed by atoms with E-state index in [0.29, 0.717) is 5.92 Å². The Hall–Kier alpha value is -1.48. The van der Waals surface area contributed by atoms with Gasteiger partial charge in [0.2, 0.25) is 0 Å². The average molecular weight is 230 g/mol. The summed E-state index contributed by atoms with van der Waals surface area (Å²) >= 11 is 0. The second-order valence-electron chi connectivity index (χ2n) is 4.87. The lowest BCUT2D eigenvalue weighted by molar-refractivity contribution is 0.260. The van der Waals surface area contributed by atoms with Crippen molar-refractivity contribution in [1.29, 1.82) is 0 Å². The Morgan fingerprint density at radius 3 is 3.12 bits per heavy atom. The van der Waals surface area contributed by atoms with E-state index < -0.39 is 0 Å². The number of hydrogen-bond acceptors (Lipinski definition) is 2. The van der Waals surface area contributed by atoms with Crippen LogP contribution in [0.15, 0.2) is 24.3 Å². The summed E-state index contributed by atoms with van der Waals surface area (Å²) in [6.07, 6.45) is 1.23. The summed E-state index contributed by atoms with van der Waals surface area (Å²) in [5.41, 5.74) is 2.37. The van der Waals surface area contributed by atoms with Crippen LogP contribution in [0.3, 0.4) is 0 Å². The molecular formula is C14H18N2O. The van der Waals surface area contributed by atoms with Crippen molar-refractivity contribution in [3.05, 3.63) is 30.0 Å². The lowest BCUT2D eigenvalue weighted by Crippen LogP contribution is -2.15. The van der Waals surface area contributed by atoms with Gasteiger partial charge < -0.3 is 15.0 Å². The van der Waals surface area contributed by atoms with Crippen LogP contribution in [0, 0.1) is 12.8 Å². The Morgan fingerprint density at radius 1 is 1.35 bits per heavy atom. The van der Waals surface area contributed by atoms with Crippen LogP contribution in [0.2, 0.25) is 0 Å². The molecule has 0 bridgehead atoms. The van der Waals surface area contributed by atoms with Gasteiger partial charge in [0, 0.05) is 29.1 Å². The van der Waals surface area contributed by atoms with Gasteiger partial charge in [0.1, 0.15) is 5.75 Å². The van der Waals surface area contributed by atoms with Gasteiger partial charge in [0.25, 0.3) is 0 Å². The molecule has 1 unspecified atom stereocenters. The third-order valence-corrected chi connectivity index (χ3v) is 3.37. The largest absolute Gasteiger partial charge is 0.493 e. The van der Waals surface area contributed by atoms with Crippen molar-refractivity contribution >= 4 is 10.9 Å². The van der Waals surface area contributed by atoms with Crippen LogP contribution in [-0.2, 0) is 0 Å². The molecule has 1 fully saturated rings. The lowest BCUT2D eigenvalue weighted by Gasteiger charge is -2.10. The van der Waals surface area contributed by atoms with Crippen molar-refractivity contribution in [3.63, 3.8) is 0 Å². The molecule has 3 rings (SSSR count). The molecule has 2 aromatic rings. The highest BCUT2D eigenvalue weighted by molar-refractivity contribution is 5.81. The van der Waals surface area contributed by atoms with Crippen LogP contribution < -0.4 is 10.1 Å². The molecule has 0 aliphatic carbocycles. The second kappa shape index (κ2) is 4.41. The zero-order valence-electron chi connectivity index (χ0n) is 10.1. The minimum atomic E-state index is 0.665. The smallest absolute Gasteiger partial charge is 0.120 e. The summed E-state index contributed by atoms with van der Waals surface area (Å²) in [6, 6.07) is 8.39. The number of benzene rings is 1. The second-order valence-corrected chi connectivity index (χ2v) is 4.87. The molecule has 1 aliphatic heterocycles. The molecule has 1 aromatic carbocycles. The van der Waals surface area contributed by atoms with Gasteiger partial charge in [-0.1, -0.05) is 0 Å². The molecule has 1 atom stereocenters. The van der Waals surface area contributed by atoms with E-state index in [1.54, 1.807) is 0 Å². The summed E-state index contributed by atoms with van der Waals surface area (Å²) < 4.78 is 5.85. The molecule has 2 heterocycles. The molecule has 0 amide bonds. The van der Waals surface area contributed by atoms with Gasteiger partial charge in [-0.25, -0.2) is 0 Å². The van der Waals surface area contributed by atoms with Crippen molar-refractivity contribution in [2.75, 3.05) is 19.7 Å². The fourth-order valence-corrected chi connectivity index (χ4v) is 2.42. The standard InChI is InChI=1S/C14H18N2O/c1-10-6-12-7-13(2-3-14(12)16-10)17-9-11-4-5-15-8-11/h2-3,6-7,11,15-16H,4-5,8-9H2,1H3. The van der Waals surface area contributed by atoms with E-state index in [4.69, 9.17) is 4.74 Å². The Morgan fingerprint density at radius 2 is 2.29 bits per heavy atom. The lowest BCUT2D eigenvalue weighted by atomic mass is 10.1. The highest BCUT2D eigenvalue weighted by Crippen LogP contribution is 2.22. The molecule has 90 valence electrons. The Balaban J connectivity index is 1.71. The summed E-state index contributed by atoms with van der Waals surface area (Å²) in [6.45, 7) is 5.11. The Bertz CT molecular complexity index is 512. The average Bonchev–Trinajstić information content (AvgIpc) is 2.92. The molecule has 3 heteroatoms. The number of aromatic amines is 1. The summed E-state index contributed by atoms with van der Waals surface area (Å²) in [4.78, 5) is 3.32. The van der Waals surface area contributed by atoms with Crippen molar-refractivity contribution in [2.24, 2.45) is 5.92 Å². The predicted molar refractivity (Wildman–Crippen MR) is 69.5 cm³/mol. The van der Waals surface area contributed by atoms with E-state index in [9.17, 15) is 0 Å². The third kappa shape index (κ3) is 2.29. The number of H-pyrrole nitrogens is 1. The zero-order chi connectivity index (χ0) is 11.7. The fourth-order valence-electron chi connectivity index (χ4n) is 2.42. The van der Waals surface area contributed by atoms with Gasteiger partial charge >= 0.3 is 0 Å². The number of ether oxygens (including phenoxy) is 1. The third-order valence-electron chi connectivity index (χ3n) is 3.37. The van der Waals surface area contributed by atoms with Crippen LogP contribution in [0.4, 0.5) is 0 Å². The van der Waals surface area contributed by atoms with Crippen molar-refractivity contribution in [3.8, 4) is 5.75 Å². The van der Waals surface area contributed by atoms with Gasteiger partial charge in [0.15, 0.2) is 0 Å². The summed E-state index contributed by atoms with van der Waals surface area (Å²) in [5.74, 6) is 1.64. The minimum Gasteiger partial charge on any atom is -0.493 e. The molecule has 1 aliphatic rings. The number of nitrogens with one attached hydrogen (secondary N) is 2. The topological polar surface area (TPSA) is 37.0 Å². The first-order valence-corrected chi connectivity index (χ1v) is 6.24. The molecule has 0 spiro atoms. The van der Waals surface area contributed by atoms with Crippen molar-refractivity contribution in [1.82, 2.24) is 10.3 Å². The molecule has 17 heavy (non-hydrogen) atoms. The van der Waals surface area contributed by atoms with E-state index in [0.717, 1.165) is 25.4 Å². The van der Waals surface area contributed by atoms with Gasteiger partial charge in [-0.3, -0.25) is 0 Å². The Kier molecular flexibility index (Phi) is 2.77. The monoisotopic (exact) mass is 230 g/mol. The summed E-state index contributed by atoms with van der Waals surface area (Å²) in [5, 5.41) is 4.58. The number of hydrogen-bond donors (Lipinski definition) is 2. The SMILES string of the molecule is Cc1cc2cc(OCC3CCNC3)ccc2[nH]1. The first kappa shape index (κ1) is 10.7. The van der Waals surface area contributed by atoms with Crippen molar-refractivity contribution < 1.29 is 4.74 Å². The van der Waals surface area contributed by atoms with Crippen molar-refractivity contribution in [2.45, 2.75) is 13.3 Å². The number of fused-ring (bicyclic) bond motifs is 1. The number of aromatic nitrogens is 1. The first-order valence-electron chi connectivity index (χ1n) is 6.24. The molecule has 1 aromatic heterocycles. The quantitative estimate of drug-likeness (QED) is 0.850. The maximum absolute atomic E-state index is 5.85. The number of aryl methyl sites for hydroxylation is 1. The molecule has 2 N–H and O–H groups in total. The van der Waals surface area contributed by atoms with Crippen LogP contribution in [0.25, 0.3) is 10.9 Å². The van der Waals surface area contributed by atoms with Gasteiger partial charge in [-0.15, -0.1) is 0 Å². The van der Waals surface area contributed by atoms with Gasteiger partial charge in [-0.2, -0.15) is 0 Å². The first-order chi connectivity index (χ1) is 8.31. The van der Waals surface area contributed by atoms with Crippen LogP contribution in [0.1, 0.15) is 12.1 Å². The molecule has 0 radical (unpaired) electrons. The molecular weight excluding hydrogens is 212 g/mol. The fraction of sp³-hybridized carbons (Fsp3) is 0.429. The van der Waals surface area contributed by atoms with Gasteiger partial charge in [0.05, 0.1) is 6.61 Å². The van der Waals surface area contributed by atoms with E-state index in [2.05, 4.69) is 35.4 Å². The molecule has 3 nitrogen and oxygen atoms in total. The van der Waals surface area contributed by atoms with Crippen LogP contribution >= 0.6 is 0 Å². The maximum atomic E-state index is 5.85.